The predicted octanol–water partition coefficient (Wildman–Crippen LogP) is 2.70. The van der Waals surface area contributed by atoms with Crippen LogP contribution in [0.15, 0.2) is 37.4 Å². The number of aromatic nitrogens is 4. The van der Waals surface area contributed by atoms with E-state index in [0.29, 0.717) is 0 Å². The number of nitrogens with zero attached hydrogens (tertiary/aromatic N) is 4. The van der Waals surface area contributed by atoms with E-state index in [1.807, 2.05) is 37.4 Å². The third-order valence-electron chi connectivity index (χ3n) is 3.85. The minimum atomic E-state index is 0.220. The van der Waals surface area contributed by atoms with Crippen molar-refractivity contribution in [3.05, 3.63) is 37.4 Å². The minimum absolute atomic E-state index is 0.220. The van der Waals surface area contributed by atoms with Gasteiger partial charge in [-0.2, -0.15) is 0 Å². The smallest absolute Gasteiger partial charge is 0.113 e. The van der Waals surface area contributed by atoms with E-state index < -0.39 is 0 Å². The van der Waals surface area contributed by atoms with Crippen LogP contribution in [0.25, 0.3) is 0 Å². The van der Waals surface area contributed by atoms with E-state index in [1.54, 1.807) is 0 Å². The zero-order valence-electron chi connectivity index (χ0n) is 14.1. The average Bonchev–Trinajstić information content (AvgIpc) is 3.26. The van der Waals surface area contributed by atoms with Crippen LogP contribution in [0.2, 0.25) is 0 Å². The summed E-state index contributed by atoms with van der Waals surface area (Å²) in [5.74, 6) is 0. The molecule has 2 rings (SSSR count). The van der Waals surface area contributed by atoms with Gasteiger partial charge in [0.05, 0.1) is 12.7 Å². The summed E-state index contributed by atoms with van der Waals surface area (Å²) in [4.78, 5) is 8.29. The van der Waals surface area contributed by atoms with Gasteiger partial charge in [0.25, 0.3) is 0 Å². The van der Waals surface area contributed by atoms with Gasteiger partial charge in [-0.25, -0.2) is 9.97 Å². The Hall–Kier alpha value is -1.66. The van der Waals surface area contributed by atoms with Crippen molar-refractivity contribution < 1.29 is 4.74 Å². The van der Waals surface area contributed by atoms with Gasteiger partial charge < -0.3 is 19.2 Å². The van der Waals surface area contributed by atoms with Crippen molar-refractivity contribution in [3.63, 3.8) is 0 Å². The van der Waals surface area contributed by atoms with Gasteiger partial charge in [-0.15, -0.1) is 0 Å². The molecule has 2 aromatic heterocycles. The van der Waals surface area contributed by atoms with Crippen LogP contribution in [0, 0.1) is 0 Å². The topological polar surface area (TPSA) is 56.9 Å². The fraction of sp³-hybridized carbons (Fsp3) is 0.647. The van der Waals surface area contributed by atoms with Crippen molar-refractivity contribution in [2.24, 2.45) is 0 Å². The number of ether oxygens (including phenoxy) is 1. The zero-order chi connectivity index (χ0) is 16.2. The van der Waals surface area contributed by atoms with Crippen LogP contribution < -0.4 is 5.32 Å². The molecule has 23 heavy (non-hydrogen) atoms. The third kappa shape index (κ3) is 6.54. The molecule has 0 radical (unpaired) electrons. The molecule has 0 unspecified atom stereocenters. The molecule has 2 aromatic rings. The summed E-state index contributed by atoms with van der Waals surface area (Å²) in [5.41, 5.74) is 0. The van der Waals surface area contributed by atoms with Crippen molar-refractivity contribution in [2.75, 3.05) is 26.3 Å². The second-order valence-electron chi connectivity index (χ2n) is 5.71. The van der Waals surface area contributed by atoms with E-state index in [0.717, 1.165) is 39.1 Å². The highest BCUT2D eigenvalue weighted by Crippen LogP contribution is 2.13. The molecule has 128 valence electrons. The lowest BCUT2D eigenvalue weighted by atomic mass is 10.3. The molecule has 0 saturated heterocycles. The Balaban J connectivity index is 1.58. The van der Waals surface area contributed by atoms with Crippen LogP contribution in [-0.2, 0) is 4.74 Å². The second kappa shape index (κ2) is 11.0. The summed E-state index contributed by atoms with van der Waals surface area (Å²) < 4.78 is 9.84. The summed E-state index contributed by atoms with van der Waals surface area (Å²) in [6, 6.07) is 0. The largest absolute Gasteiger partial charge is 0.381 e. The first-order valence-electron chi connectivity index (χ1n) is 8.65. The van der Waals surface area contributed by atoms with Gasteiger partial charge in [0.1, 0.15) is 6.17 Å². The molecule has 0 aliphatic carbocycles. The van der Waals surface area contributed by atoms with Crippen LogP contribution in [-0.4, -0.2) is 45.4 Å². The van der Waals surface area contributed by atoms with E-state index in [1.165, 1.54) is 19.3 Å². The third-order valence-corrected chi connectivity index (χ3v) is 3.85. The molecule has 0 spiro atoms. The van der Waals surface area contributed by atoms with Gasteiger partial charge in [-0.3, -0.25) is 0 Å². The Kier molecular flexibility index (Phi) is 8.43. The molecular weight excluding hydrogens is 290 g/mol. The van der Waals surface area contributed by atoms with E-state index in [4.69, 9.17) is 4.74 Å². The highest BCUT2D eigenvalue weighted by atomic mass is 16.5. The highest BCUT2D eigenvalue weighted by molar-refractivity contribution is 4.86. The first-order chi connectivity index (χ1) is 11.4. The molecule has 1 N–H and O–H groups in total. The SMILES string of the molecule is CCCCCOCCCNCCC(n1ccnc1)n1ccnc1. The first-order valence-corrected chi connectivity index (χ1v) is 8.65. The van der Waals surface area contributed by atoms with Gasteiger partial charge in [0, 0.05) is 38.0 Å². The van der Waals surface area contributed by atoms with Gasteiger partial charge >= 0.3 is 0 Å². The molecule has 6 nitrogen and oxygen atoms in total. The number of hydrogen-bond donors (Lipinski definition) is 1. The Morgan fingerprint density at radius 1 is 0.957 bits per heavy atom. The number of imidazole rings is 2. The Labute approximate surface area is 138 Å². The van der Waals surface area contributed by atoms with Crippen LogP contribution in [0.3, 0.4) is 0 Å². The molecule has 0 aromatic carbocycles. The van der Waals surface area contributed by atoms with Crippen molar-refractivity contribution in [1.82, 2.24) is 24.4 Å². The van der Waals surface area contributed by atoms with E-state index in [-0.39, 0.29) is 6.17 Å². The first kappa shape index (κ1) is 17.7. The summed E-state index contributed by atoms with van der Waals surface area (Å²) in [5, 5.41) is 3.49. The lowest BCUT2D eigenvalue weighted by molar-refractivity contribution is 0.127. The molecule has 0 atom stereocenters. The van der Waals surface area contributed by atoms with Crippen LogP contribution in [0.1, 0.15) is 45.2 Å². The maximum atomic E-state index is 5.62. The Bertz CT molecular complexity index is 449. The molecular formula is C17H29N5O. The summed E-state index contributed by atoms with van der Waals surface area (Å²) in [7, 11) is 0. The lowest BCUT2D eigenvalue weighted by Crippen LogP contribution is -2.24. The Morgan fingerprint density at radius 2 is 1.65 bits per heavy atom. The summed E-state index contributed by atoms with van der Waals surface area (Å²) in [6.07, 6.45) is 17.3. The van der Waals surface area contributed by atoms with Crippen molar-refractivity contribution in [3.8, 4) is 0 Å². The van der Waals surface area contributed by atoms with Crippen molar-refractivity contribution >= 4 is 0 Å². The molecule has 6 heteroatoms. The molecule has 0 saturated carbocycles. The van der Waals surface area contributed by atoms with Crippen LogP contribution in [0.5, 0.6) is 0 Å². The van der Waals surface area contributed by atoms with Crippen molar-refractivity contribution in [2.45, 2.75) is 45.2 Å². The second-order valence-corrected chi connectivity index (χ2v) is 5.71. The zero-order valence-corrected chi connectivity index (χ0v) is 14.1. The minimum Gasteiger partial charge on any atom is -0.381 e. The van der Waals surface area contributed by atoms with Gasteiger partial charge in [-0.05, 0) is 32.4 Å². The molecule has 0 amide bonds. The normalized spacial score (nSPS) is 11.4. The standard InChI is InChI=1S/C17H29N5O/c1-2-3-4-13-23-14-5-7-18-8-6-17(21-11-9-19-15-21)22-12-10-20-16-22/h9-12,15-18H,2-8,13-14H2,1H3. The summed E-state index contributed by atoms with van der Waals surface area (Å²) >= 11 is 0. The predicted molar refractivity (Wildman–Crippen MR) is 91.3 cm³/mol. The van der Waals surface area contributed by atoms with Gasteiger partial charge in [0.2, 0.25) is 0 Å². The van der Waals surface area contributed by atoms with Crippen LogP contribution >= 0.6 is 0 Å². The quantitative estimate of drug-likeness (QED) is 0.577. The maximum absolute atomic E-state index is 5.62. The fourth-order valence-corrected chi connectivity index (χ4v) is 2.56. The monoisotopic (exact) mass is 319 g/mol. The number of hydrogen-bond acceptors (Lipinski definition) is 4. The Morgan fingerprint density at radius 3 is 2.26 bits per heavy atom. The number of unbranched alkanes of at least 4 members (excludes halogenated alkanes) is 2. The van der Waals surface area contributed by atoms with E-state index in [2.05, 4.69) is 31.3 Å². The molecule has 0 aliphatic rings. The number of rotatable bonds is 13. The van der Waals surface area contributed by atoms with E-state index in [9.17, 15) is 0 Å². The molecule has 0 fully saturated rings. The molecule has 0 aliphatic heterocycles. The maximum Gasteiger partial charge on any atom is 0.113 e. The average molecular weight is 319 g/mol. The molecule has 2 heterocycles. The molecule has 0 bridgehead atoms. The van der Waals surface area contributed by atoms with Crippen molar-refractivity contribution in [1.29, 1.82) is 0 Å². The highest BCUT2D eigenvalue weighted by Gasteiger charge is 2.11. The van der Waals surface area contributed by atoms with Gasteiger partial charge in [-0.1, -0.05) is 19.8 Å². The number of nitrogens with one attached hydrogen (secondary N) is 1. The van der Waals surface area contributed by atoms with Gasteiger partial charge in [0.15, 0.2) is 0 Å². The summed E-state index contributed by atoms with van der Waals surface area (Å²) in [6.45, 7) is 5.91. The van der Waals surface area contributed by atoms with Crippen LogP contribution in [0.4, 0.5) is 0 Å². The van der Waals surface area contributed by atoms with E-state index >= 15 is 0 Å². The fourth-order valence-electron chi connectivity index (χ4n) is 2.56. The lowest BCUT2D eigenvalue weighted by Gasteiger charge is -2.20.